The quantitative estimate of drug-likeness (QED) is 0.254. The third-order valence-corrected chi connectivity index (χ3v) is 6.63. The van der Waals surface area contributed by atoms with Crippen LogP contribution in [0.15, 0.2) is 61.1 Å². The molecule has 2 N–H and O–H groups in total. The van der Waals surface area contributed by atoms with Crippen LogP contribution < -0.4 is 15.4 Å². The predicted octanol–water partition coefficient (Wildman–Crippen LogP) is 6.77. The number of likely N-dealkylation sites (tertiary alicyclic amines) is 1. The van der Waals surface area contributed by atoms with Crippen LogP contribution in [0.4, 0.5) is 38.3 Å². The molecule has 14 heteroatoms. The van der Waals surface area contributed by atoms with Gasteiger partial charge in [0.1, 0.15) is 23.8 Å². The van der Waals surface area contributed by atoms with E-state index in [4.69, 9.17) is 9.47 Å². The van der Waals surface area contributed by atoms with Crippen molar-refractivity contribution in [1.29, 1.82) is 0 Å². The van der Waals surface area contributed by atoms with Gasteiger partial charge in [-0.25, -0.2) is 9.78 Å². The van der Waals surface area contributed by atoms with Crippen molar-refractivity contribution in [3.8, 4) is 5.75 Å². The van der Waals surface area contributed by atoms with Crippen LogP contribution >= 0.6 is 0 Å². The number of carbonyl (C=O) groups is 2. The highest BCUT2D eigenvalue weighted by molar-refractivity contribution is 6.07. The molecule has 2 amide bonds. The first-order chi connectivity index (χ1) is 20.7. The van der Waals surface area contributed by atoms with Crippen molar-refractivity contribution in [3.63, 3.8) is 0 Å². The normalized spacial score (nSPS) is 15.5. The highest BCUT2D eigenvalue weighted by Gasteiger charge is 2.60. The SMILES string of the molecule is CC(C)(C)OC(=O)N1CCC[C@H]1COc1cc(NC(=O)c2cccnc2NCc2ccncc2)ccc1C(F)(F)C(F)(F)F. The molecule has 1 aliphatic rings. The lowest BCUT2D eigenvalue weighted by Gasteiger charge is -2.29. The summed E-state index contributed by atoms with van der Waals surface area (Å²) in [7, 11) is 0. The minimum atomic E-state index is -5.91. The summed E-state index contributed by atoms with van der Waals surface area (Å²) in [6.45, 7) is 5.31. The Balaban J connectivity index is 1.56. The van der Waals surface area contributed by atoms with Crippen molar-refractivity contribution in [1.82, 2.24) is 14.9 Å². The number of pyridine rings is 2. The molecule has 0 bridgehead atoms. The number of carbonyl (C=O) groups excluding carboxylic acids is 2. The molecule has 236 valence electrons. The van der Waals surface area contributed by atoms with Gasteiger partial charge in [-0.3, -0.25) is 9.78 Å². The highest BCUT2D eigenvalue weighted by Crippen LogP contribution is 2.48. The summed E-state index contributed by atoms with van der Waals surface area (Å²) in [5, 5.41) is 5.56. The van der Waals surface area contributed by atoms with Crippen LogP contribution in [0.3, 0.4) is 0 Å². The minimum Gasteiger partial charge on any atom is -0.491 e. The smallest absolute Gasteiger partial charge is 0.458 e. The molecule has 3 aromatic rings. The van der Waals surface area contributed by atoms with E-state index < -0.39 is 47.1 Å². The molecule has 44 heavy (non-hydrogen) atoms. The Morgan fingerprint density at radius 2 is 1.75 bits per heavy atom. The fraction of sp³-hybridized carbons (Fsp3) is 0.400. The number of alkyl halides is 5. The average Bonchev–Trinajstić information content (AvgIpc) is 3.43. The van der Waals surface area contributed by atoms with Gasteiger partial charge in [0.05, 0.1) is 17.2 Å². The molecule has 1 atom stereocenters. The third-order valence-electron chi connectivity index (χ3n) is 6.63. The Morgan fingerprint density at radius 3 is 2.43 bits per heavy atom. The maximum absolute atomic E-state index is 14.6. The number of halogens is 5. The molecule has 1 aliphatic heterocycles. The van der Waals surface area contributed by atoms with Crippen LogP contribution in [0.1, 0.15) is 55.1 Å². The molecule has 1 aromatic carbocycles. The summed E-state index contributed by atoms with van der Waals surface area (Å²) in [6, 6.07) is 8.31. The second kappa shape index (κ2) is 13.0. The molecule has 2 aromatic heterocycles. The first-order valence-electron chi connectivity index (χ1n) is 13.8. The van der Waals surface area contributed by atoms with E-state index in [-0.39, 0.29) is 23.7 Å². The van der Waals surface area contributed by atoms with E-state index >= 15 is 0 Å². The second-order valence-corrected chi connectivity index (χ2v) is 11.1. The number of nitrogens with zero attached hydrogens (tertiary/aromatic N) is 3. The molecule has 3 heterocycles. The Bertz CT molecular complexity index is 1460. The van der Waals surface area contributed by atoms with Crippen LogP contribution in [-0.2, 0) is 17.2 Å². The maximum atomic E-state index is 14.6. The number of anilines is 2. The zero-order valence-electron chi connectivity index (χ0n) is 24.3. The van der Waals surface area contributed by atoms with Crippen molar-refractivity contribution in [2.45, 2.75) is 63.9 Å². The largest absolute Gasteiger partial charge is 0.491 e. The van der Waals surface area contributed by atoms with E-state index in [2.05, 4.69) is 20.6 Å². The molecular weight excluding hydrogens is 589 g/mol. The summed E-state index contributed by atoms with van der Waals surface area (Å²) in [6.07, 6.45) is -0.872. The molecule has 4 rings (SSSR count). The first-order valence-corrected chi connectivity index (χ1v) is 13.8. The van der Waals surface area contributed by atoms with Gasteiger partial charge in [0.2, 0.25) is 0 Å². The number of hydrogen-bond acceptors (Lipinski definition) is 7. The predicted molar refractivity (Wildman–Crippen MR) is 152 cm³/mol. The van der Waals surface area contributed by atoms with Crippen molar-refractivity contribution < 1.29 is 41.0 Å². The molecule has 0 saturated carbocycles. The number of benzene rings is 1. The zero-order chi connectivity index (χ0) is 32.1. The number of ether oxygens (including phenoxy) is 2. The van der Waals surface area contributed by atoms with Crippen LogP contribution in [0, 0.1) is 0 Å². The van der Waals surface area contributed by atoms with E-state index in [1.54, 1.807) is 45.3 Å². The van der Waals surface area contributed by atoms with Crippen LogP contribution in [0.2, 0.25) is 0 Å². The number of nitrogens with one attached hydrogen (secondary N) is 2. The van der Waals surface area contributed by atoms with E-state index in [0.29, 0.717) is 32.0 Å². The molecule has 0 aliphatic carbocycles. The van der Waals surface area contributed by atoms with Gasteiger partial charge in [0.25, 0.3) is 5.91 Å². The third kappa shape index (κ3) is 7.91. The fourth-order valence-corrected chi connectivity index (χ4v) is 4.50. The summed E-state index contributed by atoms with van der Waals surface area (Å²) in [5.41, 5.74) is -1.33. The Morgan fingerprint density at radius 1 is 1.02 bits per heavy atom. The van der Waals surface area contributed by atoms with Gasteiger partial charge in [0.15, 0.2) is 0 Å². The van der Waals surface area contributed by atoms with Crippen molar-refractivity contribution in [2.75, 3.05) is 23.8 Å². The topological polar surface area (TPSA) is 106 Å². The van der Waals surface area contributed by atoms with E-state index in [1.165, 1.54) is 23.2 Å². The number of aromatic nitrogens is 2. The standard InChI is InChI=1S/C30H32F5N5O4/c1-28(2,3)44-27(42)40-15-5-6-21(40)18-43-24-16-20(8-9-23(24)29(31,32)30(33,34)35)39-26(41)22-7-4-12-37-25(22)38-17-19-10-13-36-14-11-19/h4,7-14,16,21H,5-6,15,17-18H2,1-3H3,(H,37,38)(H,39,41)/t21-/m0/s1. The molecule has 1 saturated heterocycles. The lowest BCUT2D eigenvalue weighted by atomic mass is 10.1. The van der Waals surface area contributed by atoms with Gasteiger partial charge in [-0.2, -0.15) is 22.0 Å². The Kier molecular flexibility index (Phi) is 9.59. The van der Waals surface area contributed by atoms with Gasteiger partial charge in [-0.1, -0.05) is 0 Å². The minimum absolute atomic E-state index is 0.0916. The molecule has 9 nitrogen and oxygen atoms in total. The van der Waals surface area contributed by atoms with E-state index in [0.717, 1.165) is 17.7 Å². The summed E-state index contributed by atoms with van der Waals surface area (Å²) in [4.78, 5) is 35.3. The molecular formula is C30H32F5N5O4. The van der Waals surface area contributed by atoms with Gasteiger partial charge in [-0.05, 0) is 75.6 Å². The first kappa shape index (κ1) is 32.4. The molecule has 1 fully saturated rings. The van der Waals surface area contributed by atoms with Gasteiger partial charge >= 0.3 is 18.2 Å². The lowest BCUT2D eigenvalue weighted by Crippen LogP contribution is -2.42. The van der Waals surface area contributed by atoms with E-state index in [1.807, 2.05) is 0 Å². The monoisotopic (exact) mass is 621 g/mol. The molecule has 0 unspecified atom stereocenters. The van der Waals surface area contributed by atoms with Gasteiger partial charge in [0, 0.05) is 43.4 Å². The Hall–Kier alpha value is -4.49. The second-order valence-electron chi connectivity index (χ2n) is 11.1. The maximum Gasteiger partial charge on any atom is 0.458 e. The van der Waals surface area contributed by atoms with Gasteiger partial charge in [-0.15, -0.1) is 0 Å². The molecule has 0 radical (unpaired) electrons. The van der Waals surface area contributed by atoms with Crippen molar-refractivity contribution >= 4 is 23.5 Å². The van der Waals surface area contributed by atoms with Crippen molar-refractivity contribution in [3.05, 3.63) is 77.7 Å². The average molecular weight is 622 g/mol. The number of rotatable bonds is 9. The van der Waals surface area contributed by atoms with Crippen LogP contribution in [0.25, 0.3) is 0 Å². The van der Waals surface area contributed by atoms with Crippen molar-refractivity contribution in [2.24, 2.45) is 0 Å². The fourth-order valence-electron chi connectivity index (χ4n) is 4.50. The Labute approximate surface area is 250 Å². The number of amides is 2. The molecule has 0 spiro atoms. The van der Waals surface area contributed by atoms with Crippen LogP contribution in [0.5, 0.6) is 5.75 Å². The lowest BCUT2D eigenvalue weighted by molar-refractivity contribution is -0.289. The van der Waals surface area contributed by atoms with Gasteiger partial charge < -0.3 is 25.0 Å². The van der Waals surface area contributed by atoms with E-state index in [9.17, 15) is 31.5 Å². The highest BCUT2D eigenvalue weighted by atomic mass is 19.4. The summed E-state index contributed by atoms with van der Waals surface area (Å²) >= 11 is 0. The summed E-state index contributed by atoms with van der Waals surface area (Å²) in [5.74, 6) is -6.51. The summed E-state index contributed by atoms with van der Waals surface area (Å²) < 4.78 is 80.2. The van der Waals surface area contributed by atoms with Crippen LogP contribution in [-0.4, -0.2) is 57.8 Å². The number of hydrogen-bond donors (Lipinski definition) is 2. The zero-order valence-corrected chi connectivity index (χ0v) is 24.3.